The second-order valence-corrected chi connectivity index (χ2v) is 5.91. The molecule has 0 bridgehead atoms. The molecule has 0 aliphatic heterocycles. The van der Waals surface area contributed by atoms with E-state index in [1.807, 2.05) is 0 Å². The van der Waals surface area contributed by atoms with Crippen molar-refractivity contribution < 1.29 is 14.7 Å². The number of hydrogen-bond donors (Lipinski definition) is 3. The Kier molecular flexibility index (Phi) is 5.37. The predicted octanol–water partition coefficient (Wildman–Crippen LogP) is 0.527. The van der Waals surface area contributed by atoms with Crippen LogP contribution < -0.4 is 10.9 Å². The van der Waals surface area contributed by atoms with Crippen molar-refractivity contribution in [2.75, 3.05) is 5.75 Å². The van der Waals surface area contributed by atoms with E-state index in [4.69, 9.17) is 5.11 Å². The third-order valence-electron chi connectivity index (χ3n) is 2.60. The molecule has 2 rings (SSSR count). The van der Waals surface area contributed by atoms with Crippen molar-refractivity contribution in [3.05, 3.63) is 34.3 Å². The fraction of sp³-hybridized carbons (Fsp3) is 0.250. The lowest BCUT2D eigenvalue weighted by atomic mass is 10.4. The molecule has 2 aromatic heterocycles. The molecule has 7 nitrogen and oxygen atoms in total. The lowest BCUT2D eigenvalue weighted by Gasteiger charge is -2.06. The monoisotopic (exact) mass is 326 g/mol. The van der Waals surface area contributed by atoms with Gasteiger partial charge in [-0.3, -0.25) is 20.4 Å². The highest BCUT2D eigenvalue weighted by Crippen LogP contribution is 2.16. The van der Waals surface area contributed by atoms with Gasteiger partial charge in [0.25, 0.3) is 5.91 Å². The van der Waals surface area contributed by atoms with Gasteiger partial charge in [0.2, 0.25) is 5.91 Å². The smallest absolute Gasteiger partial charge is 0.279 e. The lowest BCUT2D eigenvalue weighted by molar-refractivity contribution is -0.119. The molecule has 3 N–H and O–H groups in total. The highest BCUT2D eigenvalue weighted by atomic mass is 32.2. The maximum Gasteiger partial charge on any atom is 0.279 e. The molecule has 0 atom stereocenters. The number of hydrogen-bond acceptors (Lipinski definition) is 6. The summed E-state index contributed by atoms with van der Waals surface area (Å²) in [4.78, 5) is 27.9. The molecule has 0 fully saturated rings. The number of amides is 2. The van der Waals surface area contributed by atoms with Crippen LogP contribution in [0.2, 0.25) is 0 Å². The Bertz CT molecular complexity index is 624. The van der Waals surface area contributed by atoms with Crippen LogP contribution in [0.4, 0.5) is 0 Å². The fourth-order valence-corrected chi connectivity index (χ4v) is 2.86. The number of nitrogens with zero attached hydrogens (tertiary/aromatic N) is 2. The van der Waals surface area contributed by atoms with E-state index in [9.17, 15) is 9.59 Å². The number of aliphatic hydroxyl groups excluding tert-OH is 1. The maximum absolute atomic E-state index is 11.6. The topological polar surface area (TPSA) is 96.2 Å². The Balaban J connectivity index is 1.77. The molecule has 112 valence electrons. The number of hydrazine groups is 1. The molecule has 9 heteroatoms. The molecule has 0 aromatic carbocycles. The van der Waals surface area contributed by atoms with Crippen molar-refractivity contribution in [1.82, 2.24) is 20.4 Å². The van der Waals surface area contributed by atoms with Crippen LogP contribution in [0.25, 0.3) is 0 Å². The molecule has 21 heavy (non-hydrogen) atoms. The van der Waals surface area contributed by atoms with Crippen molar-refractivity contribution >= 4 is 34.9 Å². The van der Waals surface area contributed by atoms with Crippen LogP contribution in [0.1, 0.15) is 15.4 Å². The first-order valence-electron chi connectivity index (χ1n) is 5.98. The average Bonchev–Trinajstić information content (AvgIpc) is 3.12. The van der Waals surface area contributed by atoms with Crippen molar-refractivity contribution in [1.29, 1.82) is 0 Å². The zero-order valence-corrected chi connectivity index (χ0v) is 12.8. The van der Waals surface area contributed by atoms with Gasteiger partial charge in [0.1, 0.15) is 0 Å². The Morgan fingerprint density at radius 3 is 2.90 bits per heavy atom. The van der Waals surface area contributed by atoms with Gasteiger partial charge >= 0.3 is 0 Å². The Morgan fingerprint density at radius 1 is 1.48 bits per heavy atom. The highest BCUT2D eigenvalue weighted by Gasteiger charge is 2.11. The third kappa shape index (κ3) is 4.06. The Labute approximate surface area is 129 Å². The van der Waals surface area contributed by atoms with E-state index < -0.39 is 0 Å². The minimum Gasteiger partial charge on any atom is -0.390 e. The number of aromatic nitrogens is 2. The van der Waals surface area contributed by atoms with Crippen LogP contribution >= 0.6 is 23.1 Å². The van der Waals surface area contributed by atoms with Crippen LogP contribution in [0.5, 0.6) is 0 Å². The van der Waals surface area contributed by atoms with E-state index in [0.29, 0.717) is 15.7 Å². The van der Waals surface area contributed by atoms with E-state index in [1.165, 1.54) is 23.1 Å². The van der Waals surface area contributed by atoms with Gasteiger partial charge in [-0.05, 0) is 11.4 Å². The number of aliphatic hydroxyl groups is 1. The zero-order chi connectivity index (χ0) is 15.2. The molecule has 0 aliphatic carbocycles. The van der Waals surface area contributed by atoms with Crippen LogP contribution in [-0.4, -0.2) is 32.2 Å². The van der Waals surface area contributed by atoms with E-state index in [1.54, 1.807) is 35.3 Å². The van der Waals surface area contributed by atoms with Crippen LogP contribution in [0, 0.1) is 0 Å². The molecule has 2 amide bonds. The molecule has 0 saturated heterocycles. The summed E-state index contributed by atoms with van der Waals surface area (Å²) >= 11 is 2.52. The second-order valence-electron chi connectivity index (χ2n) is 4.02. The third-order valence-corrected chi connectivity index (χ3v) is 4.51. The fourth-order valence-electron chi connectivity index (χ4n) is 1.47. The van der Waals surface area contributed by atoms with Crippen LogP contribution in [-0.2, 0) is 18.4 Å². The molecule has 0 spiro atoms. The number of carbonyl (C=O) groups excluding carboxylic acids is 2. The molecule has 0 saturated carbocycles. The minimum absolute atomic E-state index is 0.104. The largest absolute Gasteiger partial charge is 0.390 e. The van der Waals surface area contributed by atoms with Crippen molar-refractivity contribution in [3.8, 4) is 0 Å². The quantitative estimate of drug-likeness (QED) is 0.550. The second kappa shape index (κ2) is 7.25. The van der Waals surface area contributed by atoms with E-state index in [-0.39, 0.29) is 24.2 Å². The van der Waals surface area contributed by atoms with Gasteiger partial charge in [-0.1, -0.05) is 17.8 Å². The minimum atomic E-state index is -0.345. The molecular formula is C12H14N4O3S2. The number of rotatable bonds is 5. The van der Waals surface area contributed by atoms with E-state index in [2.05, 4.69) is 15.8 Å². The standard InChI is InChI=1S/C12H14N4O3S2/c1-16-8(6-17)5-13-12(16)21-7-10(18)14-15-11(19)9-3-2-4-20-9/h2-5,17H,6-7H2,1H3,(H,14,18)(H,15,19). The number of nitrogens with one attached hydrogen (secondary N) is 2. The van der Waals surface area contributed by atoms with Gasteiger partial charge in [-0.15, -0.1) is 11.3 Å². The first-order valence-corrected chi connectivity index (χ1v) is 7.85. The Morgan fingerprint density at radius 2 is 2.29 bits per heavy atom. The lowest BCUT2D eigenvalue weighted by Crippen LogP contribution is -2.42. The summed E-state index contributed by atoms with van der Waals surface area (Å²) in [6, 6.07) is 3.43. The molecule has 2 heterocycles. The SMILES string of the molecule is Cn1c(CO)cnc1SCC(=O)NNC(=O)c1cccs1. The maximum atomic E-state index is 11.6. The van der Waals surface area contributed by atoms with Gasteiger partial charge in [-0.25, -0.2) is 4.98 Å². The summed E-state index contributed by atoms with van der Waals surface area (Å²) in [5, 5.41) is 11.5. The van der Waals surface area contributed by atoms with Crippen molar-refractivity contribution in [2.45, 2.75) is 11.8 Å². The average molecular weight is 326 g/mol. The molecular weight excluding hydrogens is 312 g/mol. The summed E-state index contributed by atoms with van der Waals surface area (Å²) in [6.45, 7) is -0.104. The van der Waals surface area contributed by atoms with Gasteiger partial charge in [-0.2, -0.15) is 0 Å². The number of thioether (sulfide) groups is 1. The summed E-state index contributed by atoms with van der Waals surface area (Å²) in [5.74, 6) is -0.568. The molecule has 0 radical (unpaired) electrons. The predicted molar refractivity (Wildman–Crippen MR) is 79.8 cm³/mol. The molecule has 0 unspecified atom stereocenters. The normalized spacial score (nSPS) is 10.4. The van der Waals surface area contributed by atoms with Gasteiger partial charge in [0.05, 0.1) is 29.1 Å². The Hall–Kier alpha value is -1.84. The summed E-state index contributed by atoms with van der Waals surface area (Å²) in [5.41, 5.74) is 5.36. The van der Waals surface area contributed by atoms with Gasteiger partial charge in [0, 0.05) is 7.05 Å². The molecule has 0 aliphatic rings. The summed E-state index contributed by atoms with van der Waals surface area (Å²) in [6.07, 6.45) is 1.55. The van der Waals surface area contributed by atoms with Crippen LogP contribution in [0.15, 0.2) is 28.9 Å². The summed E-state index contributed by atoms with van der Waals surface area (Å²) < 4.78 is 1.71. The number of carbonyl (C=O) groups is 2. The van der Waals surface area contributed by atoms with Crippen molar-refractivity contribution in [3.63, 3.8) is 0 Å². The first kappa shape index (κ1) is 15.5. The first-order chi connectivity index (χ1) is 10.1. The summed E-state index contributed by atoms with van der Waals surface area (Å²) in [7, 11) is 1.76. The number of thiophene rings is 1. The van der Waals surface area contributed by atoms with Gasteiger partial charge < -0.3 is 9.67 Å². The van der Waals surface area contributed by atoms with Crippen LogP contribution in [0.3, 0.4) is 0 Å². The van der Waals surface area contributed by atoms with E-state index >= 15 is 0 Å². The number of imidazole rings is 1. The van der Waals surface area contributed by atoms with Crippen molar-refractivity contribution in [2.24, 2.45) is 7.05 Å². The van der Waals surface area contributed by atoms with E-state index in [0.717, 1.165) is 0 Å². The zero-order valence-electron chi connectivity index (χ0n) is 11.2. The van der Waals surface area contributed by atoms with Gasteiger partial charge in [0.15, 0.2) is 5.16 Å². The highest BCUT2D eigenvalue weighted by molar-refractivity contribution is 7.99. The molecule has 2 aromatic rings.